The number of allylic oxidation sites excluding steroid dienone is 2. The zero-order valence-corrected chi connectivity index (χ0v) is 18.4. The van der Waals surface area contributed by atoms with Crippen LogP contribution >= 0.6 is 7.60 Å². The monoisotopic (exact) mass is 417 g/mol. The second-order valence-electron chi connectivity index (χ2n) is 7.37. The van der Waals surface area contributed by atoms with Gasteiger partial charge in [0.2, 0.25) is 11.4 Å². The molecule has 164 valence electrons. The highest BCUT2D eigenvalue weighted by atomic mass is 31.2. The van der Waals surface area contributed by atoms with Crippen molar-refractivity contribution in [3.8, 4) is 0 Å². The van der Waals surface area contributed by atoms with Gasteiger partial charge >= 0.3 is 7.60 Å². The van der Waals surface area contributed by atoms with E-state index in [1.807, 2.05) is 0 Å². The van der Waals surface area contributed by atoms with Gasteiger partial charge in [-0.15, -0.1) is 0 Å². The van der Waals surface area contributed by atoms with E-state index >= 15 is 0 Å². The van der Waals surface area contributed by atoms with Crippen molar-refractivity contribution in [1.82, 2.24) is 5.32 Å². The van der Waals surface area contributed by atoms with E-state index in [1.54, 1.807) is 0 Å². The first-order valence-corrected chi connectivity index (χ1v) is 12.5. The van der Waals surface area contributed by atoms with Crippen molar-refractivity contribution in [1.29, 1.82) is 0 Å². The van der Waals surface area contributed by atoms with Crippen LogP contribution in [0.25, 0.3) is 0 Å². The maximum absolute atomic E-state index is 11.6. The molecule has 0 aliphatic heterocycles. The Hall–Kier alpha value is -0.970. The first kappa shape index (κ1) is 27.0. The van der Waals surface area contributed by atoms with E-state index in [0.29, 0.717) is 6.42 Å². The third-order valence-corrected chi connectivity index (χ3v) is 5.52. The van der Waals surface area contributed by atoms with Gasteiger partial charge in [0.25, 0.3) is 0 Å². The molecule has 0 saturated carbocycles. The van der Waals surface area contributed by atoms with Crippen LogP contribution in [0.3, 0.4) is 0 Å². The van der Waals surface area contributed by atoms with Crippen LogP contribution in [0.15, 0.2) is 12.2 Å². The molecule has 28 heavy (non-hydrogen) atoms. The van der Waals surface area contributed by atoms with Gasteiger partial charge in [0.1, 0.15) is 0 Å². The van der Waals surface area contributed by atoms with Crippen LogP contribution in [0.2, 0.25) is 0 Å². The molecule has 0 fully saturated rings. The summed E-state index contributed by atoms with van der Waals surface area (Å²) < 4.78 is 10.7. The van der Waals surface area contributed by atoms with Gasteiger partial charge < -0.3 is 15.1 Å². The highest BCUT2D eigenvalue weighted by Gasteiger charge is 2.24. The van der Waals surface area contributed by atoms with Gasteiger partial charge in [-0.25, -0.2) is 0 Å². The minimum absolute atomic E-state index is 0.0200. The smallest absolute Gasteiger partial charge is 0.356 e. The maximum atomic E-state index is 11.6. The van der Waals surface area contributed by atoms with E-state index in [-0.39, 0.29) is 18.9 Å². The predicted molar refractivity (Wildman–Crippen MR) is 114 cm³/mol. The summed E-state index contributed by atoms with van der Waals surface area (Å²) >= 11 is 0. The molecule has 0 aromatic rings. The first-order valence-electron chi connectivity index (χ1n) is 10.9. The van der Waals surface area contributed by atoms with Gasteiger partial charge in [0.05, 0.1) is 0 Å². The lowest BCUT2D eigenvalue weighted by atomic mass is 10.1. The normalized spacial score (nSPS) is 11.8. The molecule has 0 saturated heterocycles. The number of unbranched alkanes of at least 4 members (excludes halogenated alkanes) is 11. The Balaban J connectivity index is 3.36. The lowest BCUT2D eigenvalue weighted by Crippen LogP contribution is -2.25. The van der Waals surface area contributed by atoms with Crippen molar-refractivity contribution < 1.29 is 23.9 Å². The average molecular weight is 418 g/mol. The van der Waals surface area contributed by atoms with Crippen LogP contribution in [0.5, 0.6) is 0 Å². The van der Waals surface area contributed by atoms with Gasteiger partial charge in [-0.1, -0.05) is 70.4 Å². The van der Waals surface area contributed by atoms with Gasteiger partial charge in [0, 0.05) is 19.4 Å². The molecule has 0 heterocycles. The molecule has 6 nitrogen and oxygen atoms in total. The molecule has 0 rings (SSSR count). The fraction of sp³-hybridized carbons (Fsp3) is 0.810. The van der Waals surface area contributed by atoms with Crippen molar-refractivity contribution in [3.63, 3.8) is 0 Å². The second-order valence-corrected chi connectivity index (χ2v) is 8.96. The third kappa shape index (κ3) is 18.4. The van der Waals surface area contributed by atoms with Gasteiger partial charge in [-0.2, -0.15) is 0 Å². The van der Waals surface area contributed by atoms with Gasteiger partial charge in [0.15, 0.2) is 0 Å². The summed E-state index contributed by atoms with van der Waals surface area (Å²) in [7, 11) is -4.67. The topological polar surface area (TPSA) is 104 Å². The van der Waals surface area contributed by atoms with Crippen LogP contribution in [-0.2, 0) is 14.2 Å². The third-order valence-electron chi connectivity index (χ3n) is 4.65. The molecule has 0 atom stereocenters. The summed E-state index contributed by atoms with van der Waals surface area (Å²) in [6, 6.07) is 0. The summed E-state index contributed by atoms with van der Waals surface area (Å²) in [5.41, 5.74) is -1.13. The van der Waals surface area contributed by atoms with Crippen molar-refractivity contribution in [2.75, 3.05) is 6.54 Å². The quantitative estimate of drug-likeness (QED) is 0.152. The molecule has 1 amide bonds. The number of carbonyl (C=O) groups excluding carboxylic acids is 2. The average Bonchev–Trinajstić information content (AvgIpc) is 2.64. The van der Waals surface area contributed by atoms with E-state index in [9.17, 15) is 14.2 Å². The Morgan fingerprint density at radius 3 is 1.82 bits per heavy atom. The van der Waals surface area contributed by atoms with Crippen molar-refractivity contribution in [2.24, 2.45) is 0 Å². The Labute approximate surface area is 170 Å². The summed E-state index contributed by atoms with van der Waals surface area (Å²) in [5.74, 6) is -0.170. The van der Waals surface area contributed by atoms with Crippen molar-refractivity contribution in [3.05, 3.63) is 12.2 Å². The molecule has 0 aromatic carbocycles. The highest BCUT2D eigenvalue weighted by molar-refractivity contribution is 7.70. The van der Waals surface area contributed by atoms with Gasteiger partial charge in [-0.3, -0.25) is 14.2 Å². The van der Waals surface area contributed by atoms with Crippen LogP contribution in [-0.4, -0.2) is 27.8 Å². The SMILES string of the molecule is CCCCCCCC/C=C\CCCCCCCC(=O)NCCC(=O)P(=O)(O)O. The van der Waals surface area contributed by atoms with Crippen LogP contribution < -0.4 is 5.32 Å². The van der Waals surface area contributed by atoms with E-state index in [1.165, 1.54) is 57.8 Å². The number of hydrogen-bond donors (Lipinski definition) is 3. The molecule has 0 radical (unpaired) electrons. The molecular weight excluding hydrogens is 377 g/mol. The van der Waals surface area contributed by atoms with Crippen LogP contribution in [0, 0.1) is 0 Å². The molecule has 3 N–H and O–H groups in total. The number of hydrogen-bond acceptors (Lipinski definition) is 3. The predicted octanol–water partition coefficient (Wildman–Crippen LogP) is 5.23. The van der Waals surface area contributed by atoms with E-state index in [0.717, 1.165) is 25.7 Å². The Morgan fingerprint density at radius 1 is 0.786 bits per heavy atom. The standard InChI is InChI=1S/C21H40NO5P/c1-2-3-4-5-6-7-8-9-10-11-12-13-14-15-16-17-20(23)22-19-18-21(24)28(25,26)27/h9-10H,2-8,11-19H2,1H3,(H,22,23)(H2,25,26,27)/b10-9-. The van der Waals surface area contributed by atoms with Crippen LogP contribution in [0.1, 0.15) is 103 Å². The first-order chi connectivity index (χ1) is 13.4. The Kier molecular flexibility index (Phi) is 17.5. The molecule has 0 aromatic heterocycles. The number of carbonyl (C=O) groups is 2. The fourth-order valence-electron chi connectivity index (χ4n) is 2.90. The Bertz CT molecular complexity index is 487. The molecule has 7 heteroatoms. The van der Waals surface area contributed by atoms with Crippen molar-refractivity contribution >= 4 is 19.0 Å². The van der Waals surface area contributed by atoms with E-state index in [4.69, 9.17) is 9.79 Å². The zero-order chi connectivity index (χ0) is 21.1. The molecule has 0 unspecified atom stereocenters. The maximum Gasteiger partial charge on any atom is 0.391 e. The fourth-order valence-corrected chi connectivity index (χ4v) is 3.30. The van der Waals surface area contributed by atoms with Gasteiger partial charge in [-0.05, 0) is 32.1 Å². The molecule has 0 spiro atoms. The summed E-state index contributed by atoms with van der Waals surface area (Å²) in [4.78, 5) is 39.9. The largest absolute Gasteiger partial charge is 0.391 e. The number of amides is 1. The lowest BCUT2D eigenvalue weighted by Gasteiger charge is -2.05. The van der Waals surface area contributed by atoms with E-state index in [2.05, 4.69) is 24.4 Å². The minimum atomic E-state index is -4.67. The molecule has 0 bridgehead atoms. The summed E-state index contributed by atoms with van der Waals surface area (Å²) in [6.45, 7) is 2.22. The number of rotatable bonds is 19. The van der Waals surface area contributed by atoms with Crippen molar-refractivity contribution in [2.45, 2.75) is 103 Å². The Morgan fingerprint density at radius 2 is 1.29 bits per heavy atom. The number of nitrogens with one attached hydrogen (secondary N) is 1. The lowest BCUT2D eigenvalue weighted by molar-refractivity contribution is -0.121. The highest BCUT2D eigenvalue weighted by Crippen LogP contribution is 2.36. The van der Waals surface area contributed by atoms with E-state index < -0.39 is 13.1 Å². The minimum Gasteiger partial charge on any atom is -0.356 e. The zero-order valence-electron chi connectivity index (χ0n) is 17.5. The summed E-state index contributed by atoms with van der Waals surface area (Å²) in [6.07, 6.45) is 20.3. The van der Waals surface area contributed by atoms with Crippen LogP contribution in [0.4, 0.5) is 0 Å². The molecular formula is C21H40NO5P. The molecule has 0 aliphatic rings. The summed E-state index contributed by atoms with van der Waals surface area (Å²) in [5, 5.41) is 2.52. The second kappa shape index (κ2) is 18.1. The molecule has 0 aliphatic carbocycles.